The maximum atomic E-state index is 11.0. The van der Waals surface area contributed by atoms with Crippen LogP contribution in [0.5, 0.6) is 11.5 Å². The molecule has 0 aliphatic heterocycles. The van der Waals surface area contributed by atoms with E-state index in [1.54, 1.807) is 18.2 Å². The van der Waals surface area contributed by atoms with Gasteiger partial charge in [0, 0.05) is 6.07 Å². The molecule has 0 aliphatic carbocycles. The molecule has 86 valence electrons. The van der Waals surface area contributed by atoms with Crippen molar-refractivity contribution in [1.29, 1.82) is 0 Å². The molecule has 0 amide bonds. The van der Waals surface area contributed by atoms with Crippen molar-refractivity contribution in [3.8, 4) is 11.5 Å². The first-order valence-corrected chi connectivity index (χ1v) is 5.65. The summed E-state index contributed by atoms with van der Waals surface area (Å²) in [4.78, 5) is 21.9. The summed E-state index contributed by atoms with van der Waals surface area (Å²) in [5, 5.41) is 0. The zero-order chi connectivity index (χ0) is 12.0. The van der Waals surface area contributed by atoms with Gasteiger partial charge in [0.05, 0.1) is 11.5 Å². The van der Waals surface area contributed by atoms with Crippen molar-refractivity contribution in [1.82, 2.24) is 0 Å². The predicted octanol–water partition coefficient (Wildman–Crippen LogP) is 1.36. The number of rotatable bonds is 4. The van der Waals surface area contributed by atoms with Crippen molar-refractivity contribution in [2.24, 2.45) is 0 Å². The molecule has 0 N–H and O–H groups in total. The van der Waals surface area contributed by atoms with Gasteiger partial charge in [0.15, 0.2) is 0 Å². The van der Waals surface area contributed by atoms with E-state index < -0.39 is 11.9 Å². The number of benzene rings is 1. The second kappa shape index (κ2) is 6.44. The van der Waals surface area contributed by atoms with Crippen LogP contribution >= 0.6 is 25.3 Å². The highest BCUT2D eigenvalue weighted by molar-refractivity contribution is 7.81. The molecule has 0 heterocycles. The largest absolute Gasteiger partial charge is 0.426 e. The van der Waals surface area contributed by atoms with Gasteiger partial charge in [-0.25, -0.2) is 0 Å². The van der Waals surface area contributed by atoms with Crippen LogP contribution in [-0.4, -0.2) is 23.4 Å². The number of thiol groups is 2. The number of ether oxygens (including phenoxy) is 2. The number of esters is 2. The predicted molar refractivity (Wildman–Crippen MR) is 65.4 cm³/mol. The van der Waals surface area contributed by atoms with Crippen molar-refractivity contribution in [2.45, 2.75) is 0 Å². The van der Waals surface area contributed by atoms with Gasteiger partial charge in [0.25, 0.3) is 0 Å². The molecule has 0 fully saturated rings. The van der Waals surface area contributed by atoms with E-state index in [0.717, 1.165) is 0 Å². The summed E-state index contributed by atoms with van der Waals surface area (Å²) < 4.78 is 9.79. The Balaban J connectivity index is 2.71. The highest BCUT2D eigenvalue weighted by Crippen LogP contribution is 2.19. The zero-order valence-electron chi connectivity index (χ0n) is 8.25. The topological polar surface area (TPSA) is 52.6 Å². The Labute approximate surface area is 104 Å². The van der Waals surface area contributed by atoms with E-state index in [1.807, 2.05) is 0 Å². The average molecular weight is 258 g/mol. The lowest BCUT2D eigenvalue weighted by Gasteiger charge is -2.05. The summed E-state index contributed by atoms with van der Waals surface area (Å²) in [5.74, 6) is -0.351. The first-order chi connectivity index (χ1) is 7.65. The molecule has 0 unspecified atom stereocenters. The first kappa shape index (κ1) is 12.9. The van der Waals surface area contributed by atoms with Crippen LogP contribution in [0.2, 0.25) is 0 Å². The lowest BCUT2D eigenvalue weighted by atomic mass is 10.3. The molecule has 0 saturated heterocycles. The fourth-order valence-electron chi connectivity index (χ4n) is 0.929. The van der Waals surface area contributed by atoms with Crippen LogP contribution < -0.4 is 9.47 Å². The van der Waals surface area contributed by atoms with Crippen LogP contribution in [0.3, 0.4) is 0 Å². The van der Waals surface area contributed by atoms with E-state index >= 15 is 0 Å². The zero-order valence-corrected chi connectivity index (χ0v) is 10.0. The third kappa shape index (κ3) is 4.16. The minimum absolute atomic E-state index is 0.0132. The summed E-state index contributed by atoms with van der Waals surface area (Å²) in [5.41, 5.74) is 0. The highest BCUT2D eigenvalue weighted by Gasteiger charge is 2.05. The number of carbonyl (C=O) groups is 2. The van der Waals surface area contributed by atoms with Crippen LogP contribution in [0.1, 0.15) is 0 Å². The molecule has 16 heavy (non-hydrogen) atoms. The van der Waals surface area contributed by atoms with E-state index in [9.17, 15) is 9.59 Å². The van der Waals surface area contributed by atoms with Crippen LogP contribution in [0.15, 0.2) is 24.3 Å². The molecule has 0 aliphatic rings. The van der Waals surface area contributed by atoms with Gasteiger partial charge in [-0.1, -0.05) is 6.07 Å². The Hall–Kier alpha value is -1.14. The molecule has 0 aromatic heterocycles. The molecule has 4 nitrogen and oxygen atoms in total. The minimum Gasteiger partial charge on any atom is -0.426 e. The first-order valence-electron chi connectivity index (χ1n) is 4.39. The van der Waals surface area contributed by atoms with Crippen LogP contribution in [0.25, 0.3) is 0 Å². The molecule has 1 aromatic carbocycles. The fourth-order valence-corrected chi connectivity index (χ4v) is 1.06. The Morgan fingerprint density at radius 2 is 1.44 bits per heavy atom. The number of carbonyl (C=O) groups excluding carboxylic acids is 2. The van der Waals surface area contributed by atoms with Gasteiger partial charge < -0.3 is 9.47 Å². The number of hydrogen-bond acceptors (Lipinski definition) is 6. The van der Waals surface area contributed by atoms with E-state index in [4.69, 9.17) is 9.47 Å². The number of hydrogen-bond donors (Lipinski definition) is 2. The van der Waals surface area contributed by atoms with Crippen molar-refractivity contribution in [2.75, 3.05) is 11.5 Å². The minimum atomic E-state index is -0.471. The van der Waals surface area contributed by atoms with Crippen LogP contribution in [0.4, 0.5) is 0 Å². The van der Waals surface area contributed by atoms with E-state index in [0.29, 0.717) is 11.5 Å². The van der Waals surface area contributed by atoms with E-state index in [1.165, 1.54) is 6.07 Å². The average Bonchev–Trinajstić information content (AvgIpc) is 2.29. The van der Waals surface area contributed by atoms with Gasteiger partial charge in [0.1, 0.15) is 11.5 Å². The monoisotopic (exact) mass is 258 g/mol. The van der Waals surface area contributed by atoms with Crippen molar-refractivity contribution in [3.63, 3.8) is 0 Å². The summed E-state index contributed by atoms with van der Waals surface area (Å²) in [6.45, 7) is 0. The second-order valence-corrected chi connectivity index (χ2v) is 3.37. The summed E-state index contributed by atoms with van der Waals surface area (Å²) in [7, 11) is 0. The molecular formula is C10H10O4S2. The van der Waals surface area contributed by atoms with Crippen LogP contribution in [-0.2, 0) is 9.59 Å². The SMILES string of the molecule is O=C(CS)Oc1cccc(OC(=O)CS)c1. The lowest BCUT2D eigenvalue weighted by molar-refractivity contribution is -0.131. The molecular weight excluding hydrogens is 248 g/mol. The smallest absolute Gasteiger partial charge is 0.321 e. The highest BCUT2D eigenvalue weighted by atomic mass is 32.1. The molecule has 0 spiro atoms. The maximum absolute atomic E-state index is 11.0. The molecule has 0 radical (unpaired) electrons. The van der Waals surface area contributed by atoms with Gasteiger partial charge >= 0.3 is 11.9 Å². The van der Waals surface area contributed by atoms with Crippen LogP contribution in [0, 0.1) is 0 Å². The quantitative estimate of drug-likeness (QED) is 0.486. The Morgan fingerprint density at radius 1 is 1.00 bits per heavy atom. The maximum Gasteiger partial charge on any atom is 0.321 e. The third-order valence-electron chi connectivity index (χ3n) is 1.53. The molecule has 6 heteroatoms. The molecule has 0 atom stereocenters. The molecule has 1 aromatic rings. The van der Waals surface area contributed by atoms with Crippen molar-refractivity contribution in [3.05, 3.63) is 24.3 Å². The Bertz CT molecular complexity index is 359. The van der Waals surface area contributed by atoms with Gasteiger partial charge in [-0.2, -0.15) is 25.3 Å². The lowest BCUT2D eigenvalue weighted by Crippen LogP contribution is -2.10. The Morgan fingerprint density at radius 3 is 1.81 bits per heavy atom. The Kier molecular flexibility index (Phi) is 5.21. The third-order valence-corrected chi connectivity index (χ3v) is 2.04. The van der Waals surface area contributed by atoms with E-state index in [2.05, 4.69) is 25.3 Å². The van der Waals surface area contributed by atoms with E-state index in [-0.39, 0.29) is 11.5 Å². The summed E-state index contributed by atoms with van der Waals surface area (Å²) in [6, 6.07) is 6.23. The standard InChI is InChI=1S/C10H10O4S2/c11-9(5-15)13-7-2-1-3-8(4-7)14-10(12)6-16/h1-4,15-16H,5-6H2. The second-order valence-electron chi connectivity index (χ2n) is 2.74. The molecule has 1 rings (SSSR count). The summed E-state index contributed by atoms with van der Waals surface area (Å²) >= 11 is 7.54. The van der Waals surface area contributed by atoms with Crippen molar-refractivity contribution >= 4 is 37.2 Å². The summed E-state index contributed by atoms with van der Waals surface area (Å²) in [6.07, 6.45) is 0. The van der Waals surface area contributed by atoms with Gasteiger partial charge in [-0.15, -0.1) is 0 Å². The fraction of sp³-hybridized carbons (Fsp3) is 0.200. The molecule has 0 bridgehead atoms. The van der Waals surface area contributed by atoms with Gasteiger partial charge in [-0.3, -0.25) is 9.59 Å². The normalized spacial score (nSPS) is 9.62. The van der Waals surface area contributed by atoms with Gasteiger partial charge in [0.2, 0.25) is 0 Å². The van der Waals surface area contributed by atoms with Gasteiger partial charge in [-0.05, 0) is 12.1 Å². The van der Waals surface area contributed by atoms with Crippen molar-refractivity contribution < 1.29 is 19.1 Å². The molecule has 0 saturated carbocycles.